The molecule has 0 saturated carbocycles. The number of hydrogen-bond acceptors (Lipinski definition) is 5. The van der Waals surface area contributed by atoms with Gasteiger partial charge in [0.15, 0.2) is 0 Å². The molecule has 0 aliphatic heterocycles. The van der Waals surface area contributed by atoms with Gasteiger partial charge in [-0.3, -0.25) is 0 Å². The van der Waals surface area contributed by atoms with Crippen LogP contribution in [0.2, 0.25) is 0 Å². The lowest BCUT2D eigenvalue weighted by Gasteiger charge is -2.07. The largest absolute Gasteiger partial charge is 0.475 e. The van der Waals surface area contributed by atoms with Gasteiger partial charge in [0, 0.05) is 20.2 Å². The second-order valence-corrected chi connectivity index (χ2v) is 3.06. The van der Waals surface area contributed by atoms with Gasteiger partial charge in [0.05, 0.1) is 19.8 Å². The summed E-state index contributed by atoms with van der Waals surface area (Å²) in [5.74, 6) is 1.39. The standard InChI is InChI=1S/C11H18N2O3/c1-12-10-4-3-5-11(13-10)16-9-8-15-7-6-14-2/h3-5H,6-9H2,1-2H3,(H,12,13). The molecular formula is C11H18N2O3. The van der Waals surface area contributed by atoms with Crippen molar-refractivity contribution in [1.29, 1.82) is 0 Å². The molecule has 1 aromatic heterocycles. The molecule has 90 valence electrons. The first kappa shape index (κ1) is 12.7. The lowest BCUT2D eigenvalue weighted by Crippen LogP contribution is -2.10. The average molecular weight is 226 g/mol. The Kier molecular flexibility index (Phi) is 6.29. The van der Waals surface area contributed by atoms with E-state index in [2.05, 4.69) is 10.3 Å². The number of ether oxygens (including phenoxy) is 3. The highest BCUT2D eigenvalue weighted by Crippen LogP contribution is 2.10. The number of aromatic nitrogens is 1. The fourth-order valence-corrected chi connectivity index (χ4v) is 1.08. The van der Waals surface area contributed by atoms with E-state index in [0.29, 0.717) is 32.3 Å². The Labute approximate surface area is 95.7 Å². The maximum atomic E-state index is 5.41. The normalized spacial score (nSPS) is 10.1. The second kappa shape index (κ2) is 7.90. The molecule has 1 aromatic rings. The zero-order valence-corrected chi connectivity index (χ0v) is 9.73. The van der Waals surface area contributed by atoms with E-state index in [9.17, 15) is 0 Å². The molecule has 0 amide bonds. The molecule has 0 unspecified atom stereocenters. The number of pyridine rings is 1. The van der Waals surface area contributed by atoms with Gasteiger partial charge in [-0.1, -0.05) is 6.07 Å². The van der Waals surface area contributed by atoms with E-state index in [0.717, 1.165) is 5.82 Å². The zero-order chi connectivity index (χ0) is 11.6. The van der Waals surface area contributed by atoms with Crippen molar-refractivity contribution in [2.75, 3.05) is 45.9 Å². The van der Waals surface area contributed by atoms with Crippen LogP contribution in [0.4, 0.5) is 5.82 Å². The van der Waals surface area contributed by atoms with Crippen molar-refractivity contribution in [3.63, 3.8) is 0 Å². The summed E-state index contributed by atoms with van der Waals surface area (Å²) < 4.78 is 15.5. The summed E-state index contributed by atoms with van der Waals surface area (Å²) in [5, 5.41) is 2.95. The van der Waals surface area contributed by atoms with E-state index < -0.39 is 0 Å². The van der Waals surface area contributed by atoms with Crippen molar-refractivity contribution in [2.24, 2.45) is 0 Å². The molecule has 0 aliphatic carbocycles. The van der Waals surface area contributed by atoms with Gasteiger partial charge < -0.3 is 19.5 Å². The molecule has 0 spiro atoms. The quantitative estimate of drug-likeness (QED) is 0.674. The Balaban J connectivity index is 2.16. The van der Waals surface area contributed by atoms with Crippen molar-refractivity contribution in [1.82, 2.24) is 4.98 Å². The first-order valence-corrected chi connectivity index (χ1v) is 5.21. The first-order chi connectivity index (χ1) is 7.86. The number of rotatable bonds is 8. The summed E-state index contributed by atoms with van der Waals surface area (Å²) in [4.78, 5) is 4.21. The molecule has 0 aliphatic rings. The summed E-state index contributed by atoms with van der Waals surface area (Å²) in [6.45, 7) is 2.22. The molecule has 0 fully saturated rings. The molecular weight excluding hydrogens is 208 g/mol. The van der Waals surface area contributed by atoms with Crippen LogP contribution in [0.15, 0.2) is 18.2 Å². The maximum Gasteiger partial charge on any atom is 0.215 e. The minimum atomic E-state index is 0.490. The van der Waals surface area contributed by atoms with E-state index >= 15 is 0 Å². The highest BCUT2D eigenvalue weighted by Gasteiger charge is 1.96. The Morgan fingerprint density at radius 2 is 2.00 bits per heavy atom. The Morgan fingerprint density at radius 1 is 1.19 bits per heavy atom. The highest BCUT2D eigenvalue weighted by molar-refractivity contribution is 5.35. The number of hydrogen-bond donors (Lipinski definition) is 1. The van der Waals surface area contributed by atoms with Gasteiger partial charge in [0.25, 0.3) is 0 Å². The van der Waals surface area contributed by atoms with Gasteiger partial charge in [0.1, 0.15) is 12.4 Å². The van der Waals surface area contributed by atoms with Crippen molar-refractivity contribution in [3.05, 3.63) is 18.2 Å². The third-order valence-corrected chi connectivity index (χ3v) is 1.89. The third-order valence-electron chi connectivity index (χ3n) is 1.89. The Bertz CT molecular complexity index is 294. The van der Waals surface area contributed by atoms with Gasteiger partial charge >= 0.3 is 0 Å². The summed E-state index contributed by atoms with van der Waals surface area (Å²) in [6, 6.07) is 5.58. The molecule has 5 nitrogen and oxygen atoms in total. The van der Waals surface area contributed by atoms with Crippen molar-refractivity contribution < 1.29 is 14.2 Å². The molecule has 0 saturated heterocycles. The number of methoxy groups -OCH3 is 1. The highest BCUT2D eigenvalue weighted by atomic mass is 16.5. The van der Waals surface area contributed by atoms with Crippen molar-refractivity contribution in [2.45, 2.75) is 0 Å². The van der Waals surface area contributed by atoms with E-state index in [4.69, 9.17) is 14.2 Å². The summed E-state index contributed by atoms with van der Waals surface area (Å²) in [6.07, 6.45) is 0. The van der Waals surface area contributed by atoms with Crippen LogP contribution in [-0.2, 0) is 9.47 Å². The zero-order valence-electron chi connectivity index (χ0n) is 9.73. The molecule has 0 bridgehead atoms. The van der Waals surface area contributed by atoms with E-state index in [-0.39, 0.29) is 0 Å². The minimum absolute atomic E-state index is 0.490. The molecule has 1 rings (SSSR count). The number of anilines is 1. The predicted octanol–water partition coefficient (Wildman–Crippen LogP) is 1.17. The average Bonchev–Trinajstić information content (AvgIpc) is 2.34. The topological polar surface area (TPSA) is 52.6 Å². The minimum Gasteiger partial charge on any atom is -0.475 e. The fraction of sp³-hybridized carbons (Fsp3) is 0.545. The molecule has 1 N–H and O–H groups in total. The van der Waals surface area contributed by atoms with Crippen molar-refractivity contribution in [3.8, 4) is 5.88 Å². The number of nitrogens with zero attached hydrogens (tertiary/aromatic N) is 1. The third kappa shape index (κ3) is 4.95. The Hall–Kier alpha value is -1.33. The molecule has 0 radical (unpaired) electrons. The van der Waals surface area contributed by atoms with Gasteiger partial charge in [-0.2, -0.15) is 4.98 Å². The van der Waals surface area contributed by atoms with Gasteiger partial charge in [-0.15, -0.1) is 0 Å². The van der Waals surface area contributed by atoms with Gasteiger partial charge in [-0.25, -0.2) is 0 Å². The van der Waals surface area contributed by atoms with Gasteiger partial charge in [-0.05, 0) is 6.07 Å². The lowest BCUT2D eigenvalue weighted by atomic mass is 10.4. The van der Waals surface area contributed by atoms with Crippen LogP contribution >= 0.6 is 0 Å². The van der Waals surface area contributed by atoms with Crippen LogP contribution in [0.5, 0.6) is 5.88 Å². The van der Waals surface area contributed by atoms with E-state index in [1.165, 1.54) is 0 Å². The SMILES string of the molecule is CNc1cccc(OCCOCCOC)n1. The number of nitrogens with one attached hydrogen (secondary N) is 1. The van der Waals surface area contributed by atoms with E-state index in [1.54, 1.807) is 7.11 Å². The van der Waals surface area contributed by atoms with Crippen LogP contribution in [0.3, 0.4) is 0 Å². The smallest absolute Gasteiger partial charge is 0.215 e. The molecule has 1 heterocycles. The summed E-state index contributed by atoms with van der Waals surface area (Å²) in [7, 11) is 3.47. The van der Waals surface area contributed by atoms with Crippen LogP contribution < -0.4 is 10.1 Å². The van der Waals surface area contributed by atoms with Crippen molar-refractivity contribution >= 4 is 5.82 Å². The molecule has 0 atom stereocenters. The van der Waals surface area contributed by atoms with Crippen LogP contribution in [0.1, 0.15) is 0 Å². The van der Waals surface area contributed by atoms with Gasteiger partial charge in [0.2, 0.25) is 5.88 Å². The predicted molar refractivity (Wildman–Crippen MR) is 62.0 cm³/mol. The second-order valence-electron chi connectivity index (χ2n) is 3.06. The van der Waals surface area contributed by atoms with Crippen LogP contribution in [-0.4, -0.2) is 45.6 Å². The van der Waals surface area contributed by atoms with Crippen LogP contribution in [0, 0.1) is 0 Å². The first-order valence-electron chi connectivity index (χ1n) is 5.21. The molecule has 5 heteroatoms. The molecule has 0 aromatic carbocycles. The van der Waals surface area contributed by atoms with E-state index in [1.807, 2.05) is 25.2 Å². The Morgan fingerprint density at radius 3 is 2.75 bits per heavy atom. The monoisotopic (exact) mass is 226 g/mol. The molecule has 16 heavy (non-hydrogen) atoms. The fourth-order valence-electron chi connectivity index (χ4n) is 1.08. The summed E-state index contributed by atoms with van der Waals surface area (Å²) >= 11 is 0. The lowest BCUT2D eigenvalue weighted by molar-refractivity contribution is 0.0537. The van der Waals surface area contributed by atoms with Crippen LogP contribution in [0.25, 0.3) is 0 Å². The maximum absolute atomic E-state index is 5.41. The summed E-state index contributed by atoms with van der Waals surface area (Å²) in [5.41, 5.74) is 0.